The first kappa shape index (κ1) is 18.0. The Morgan fingerprint density at radius 2 is 2.04 bits per heavy atom. The standard InChI is InChI=1S/C18H27N5O/c1-13-14(8-7-9-15(13)19-11-18(2,3)4)17(24)22(5)10-16-20-12-21-23(16)6/h7-9,12,19H,10-11H2,1-6H3. The van der Waals surface area contributed by atoms with E-state index in [0.29, 0.717) is 12.1 Å². The highest BCUT2D eigenvalue weighted by Crippen LogP contribution is 2.22. The van der Waals surface area contributed by atoms with Crippen molar-refractivity contribution in [1.29, 1.82) is 0 Å². The quantitative estimate of drug-likeness (QED) is 0.916. The molecule has 1 aromatic heterocycles. The number of benzene rings is 1. The summed E-state index contributed by atoms with van der Waals surface area (Å²) in [6.45, 7) is 9.79. The lowest BCUT2D eigenvalue weighted by Crippen LogP contribution is -2.28. The molecule has 1 heterocycles. The molecule has 0 aliphatic rings. The Balaban J connectivity index is 2.15. The first-order valence-corrected chi connectivity index (χ1v) is 8.11. The summed E-state index contributed by atoms with van der Waals surface area (Å²) in [6.07, 6.45) is 1.50. The molecule has 0 saturated heterocycles. The van der Waals surface area contributed by atoms with Gasteiger partial charge in [-0.25, -0.2) is 4.98 Å². The number of aromatic nitrogens is 3. The molecule has 1 N–H and O–H groups in total. The van der Waals surface area contributed by atoms with Gasteiger partial charge in [-0.05, 0) is 30.0 Å². The van der Waals surface area contributed by atoms with E-state index in [1.54, 1.807) is 16.6 Å². The van der Waals surface area contributed by atoms with Crippen LogP contribution in [0, 0.1) is 12.3 Å². The minimum Gasteiger partial charge on any atom is -0.384 e. The van der Waals surface area contributed by atoms with E-state index < -0.39 is 0 Å². The third kappa shape index (κ3) is 4.34. The van der Waals surface area contributed by atoms with Crippen molar-refractivity contribution in [1.82, 2.24) is 19.7 Å². The second-order valence-corrected chi connectivity index (χ2v) is 7.35. The van der Waals surface area contributed by atoms with Crippen LogP contribution in [0.4, 0.5) is 5.69 Å². The summed E-state index contributed by atoms with van der Waals surface area (Å²) in [4.78, 5) is 18.6. The summed E-state index contributed by atoms with van der Waals surface area (Å²) >= 11 is 0. The molecule has 0 unspecified atom stereocenters. The summed E-state index contributed by atoms with van der Waals surface area (Å²) in [5, 5.41) is 7.48. The molecule has 130 valence electrons. The molecule has 2 rings (SSSR count). The van der Waals surface area contributed by atoms with Crippen LogP contribution in [-0.2, 0) is 13.6 Å². The van der Waals surface area contributed by atoms with Gasteiger partial charge in [-0.3, -0.25) is 9.48 Å². The Bertz CT molecular complexity index is 714. The second-order valence-electron chi connectivity index (χ2n) is 7.35. The zero-order chi connectivity index (χ0) is 17.9. The Morgan fingerprint density at radius 1 is 1.33 bits per heavy atom. The van der Waals surface area contributed by atoms with Gasteiger partial charge in [0.25, 0.3) is 5.91 Å². The van der Waals surface area contributed by atoms with E-state index in [1.807, 2.05) is 32.2 Å². The van der Waals surface area contributed by atoms with Crippen LogP contribution >= 0.6 is 0 Å². The summed E-state index contributed by atoms with van der Waals surface area (Å²) in [5.41, 5.74) is 2.85. The smallest absolute Gasteiger partial charge is 0.254 e. The molecular formula is C18H27N5O. The predicted octanol–water partition coefficient (Wildman–Crippen LogP) is 2.85. The first-order chi connectivity index (χ1) is 11.2. The van der Waals surface area contributed by atoms with Gasteiger partial charge in [0.15, 0.2) is 0 Å². The van der Waals surface area contributed by atoms with Crippen LogP contribution in [0.1, 0.15) is 42.5 Å². The van der Waals surface area contributed by atoms with Crippen LogP contribution in [0.15, 0.2) is 24.5 Å². The lowest BCUT2D eigenvalue weighted by atomic mass is 9.96. The van der Waals surface area contributed by atoms with Crippen molar-refractivity contribution in [3.05, 3.63) is 41.5 Å². The van der Waals surface area contributed by atoms with Crippen LogP contribution in [0.5, 0.6) is 0 Å². The molecule has 0 aliphatic carbocycles. The topological polar surface area (TPSA) is 63.1 Å². The fourth-order valence-corrected chi connectivity index (χ4v) is 2.37. The minimum absolute atomic E-state index is 0.0186. The number of carbonyl (C=O) groups excluding carboxylic acids is 1. The molecule has 0 spiro atoms. The van der Waals surface area contributed by atoms with Gasteiger partial charge in [-0.15, -0.1) is 0 Å². The average Bonchev–Trinajstić information content (AvgIpc) is 2.90. The molecule has 1 amide bonds. The number of carbonyl (C=O) groups is 1. The molecule has 0 bridgehead atoms. The fraction of sp³-hybridized carbons (Fsp3) is 0.500. The summed E-state index contributed by atoms with van der Waals surface area (Å²) in [6, 6.07) is 5.80. The van der Waals surface area contributed by atoms with Crippen LogP contribution < -0.4 is 5.32 Å². The fourth-order valence-electron chi connectivity index (χ4n) is 2.37. The average molecular weight is 329 g/mol. The molecule has 1 aromatic carbocycles. The number of hydrogen-bond acceptors (Lipinski definition) is 4. The van der Waals surface area contributed by atoms with E-state index in [0.717, 1.165) is 23.6 Å². The van der Waals surface area contributed by atoms with Gasteiger partial charge in [0, 0.05) is 31.9 Å². The minimum atomic E-state index is -0.0186. The van der Waals surface area contributed by atoms with Crippen molar-refractivity contribution in [2.24, 2.45) is 12.5 Å². The third-order valence-corrected chi connectivity index (χ3v) is 3.90. The molecular weight excluding hydrogens is 302 g/mol. The molecule has 6 nitrogen and oxygen atoms in total. The monoisotopic (exact) mass is 329 g/mol. The molecule has 0 radical (unpaired) electrons. The second kappa shape index (κ2) is 7.03. The highest BCUT2D eigenvalue weighted by molar-refractivity contribution is 5.96. The van der Waals surface area contributed by atoms with Gasteiger partial charge in [0.05, 0.1) is 6.54 Å². The Kier molecular flexibility index (Phi) is 5.26. The van der Waals surface area contributed by atoms with Gasteiger partial charge in [-0.1, -0.05) is 26.8 Å². The first-order valence-electron chi connectivity index (χ1n) is 8.11. The van der Waals surface area contributed by atoms with Crippen molar-refractivity contribution in [2.45, 2.75) is 34.2 Å². The summed E-state index contributed by atoms with van der Waals surface area (Å²) in [7, 11) is 3.61. The Hall–Kier alpha value is -2.37. The van der Waals surface area contributed by atoms with Crippen LogP contribution in [0.25, 0.3) is 0 Å². The van der Waals surface area contributed by atoms with E-state index in [4.69, 9.17) is 0 Å². The Morgan fingerprint density at radius 3 is 2.62 bits per heavy atom. The van der Waals surface area contributed by atoms with Crippen LogP contribution in [-0.4, -0.2) is 39.2 Å². The zero-order valence-corrected chi connectivity index (χ0v) is 15.4. The van der Waals surface area contributed by atoms with Gasteiger partial charge in [-0.2, -0.15) is 5.10 Å². The highest BCUT2D eigenvalue weighted by atomic mass is 16.2. The normalized spacial score (nSPS) is 11.4. The largest absolute Gasteiger partial charge is 0.384 e. The molecule has 2 aromatic rings. The highest BCUT2D eigenvalue weighted by Gasteiger charge is 2.18. The summed E-state index contributed by atoms with van der Waals surface area (Å²) in [5.74, 6) is 0.737. The number of anilines is 1. The number of rotatable bonds is 5. The SMILES string of the molecule is Cc1c(NCC(C)(C)C)cccc1C(=O)N(C)Cc1ncnn1C. The molecule has 0 atom stereocenters. The van der Waals surface area contributed by atoms with E-state index >= 15 is 0 Å². The van der Waals surface area contributed by atoms with Crippen molar-refractivity contribution < 1.29 is 4.79 Å². The lowest BCUT2D eigenvalue weighted by Gasteiger charge is -2.22. The number of aryl methyl sites for hydroxylation is 1. The maximum Gasteiger partial charge on any atom is 0.254 e. The predicted molar refractivity (Wildman–Crippen MR) is 95.9 cm³/mol. The van der Waals surface area contributed by atoms with E-state index in [9.17, 15) is 4.79 Å². The van der Waals surface area contributed by atoms with Crippen molar-refractivity contribution >= 4 is 11.6 Å². The zero-order valence-electron chi connectivity index (χ0n) is 15.4. The van der Waals surface area contributed by atoms with E-state index in [2.05, 4.69) is 36.2 Å². The van der Waals surface area contributed by atoms with Gasteiger partial charge >= 0.3 is 0 Å². The number of amides is 1. The number of hydrogen-bond donors (Lipinski definition) is 1. The number of nitrogens with one attached hydrogen (secondary N) is 1. The van der Waals surface area contributed by atoms with Crippen molar-refractivity contribution in [3.8, 4) is 0 Å². The lowest BCUT2D eigenvalue weighted by molar-refractivity contribution is 0.0779. The molecule has 24 heavy (non-hydrogen) atoms. The molecule has 0 fully saturated rings. The van der Waals surface area contributed by atoms with E-state index in [-0.39, 0.29) is 11.3 Å². The molecule has 0 saturated carbocycles. The van der Waals surface area contributed by atoms with Crippen LogP contribution in [0.2, 0.25) is 0 Å². The van der Waals surface area contributed by atoms with Gasteiger partial charge in [0.1, 0.15) is 12.2 Å². The van der Waals surface area contributed by atoms with Gasteiger partial charge < -0.3 is 10.2 Å². The maximum absolute atomic E-state index is 12.8. The third-order valence-electron chi connectivity index (χ3n) is 3.90. The van der Waals surface area contributed by atoms with Crippen molar-refractivity contribution in [3.63, 3.8) is 0 Å². The molecule has 0 aliphatic heterocycles. The summed E-state index contributed by atoms with van der Waals surface area (Å²) < 4.78 is 1.68. The van der Waals surface area contributed by atoms with Gasteiger partial charge in [0.2, 0.25) is 0 Å². The Labute approximate surface area is 143 Å². The van der Waals surface area contributed by atoms with E-state index in [1.165, 1.54) is 6.33 Å². The van der Waals surface area contributed by atoms with Crippen LogP contribution in [0.3, 0.4) is 0 Å². The molecule has 6 heteroatoms. The maximum atomic E-state index is 12.8. The number of nitrogens with zero attached hydrogens (tertiary/aromatic N) is 4. The van der Waals surface area contributed by atoms with Crippen molar-refractivity contribution in [2.75, 3.05) is 18.9 Å².